The van der Waals surface area contributed by atoms with Gasteiger partial charge >= 0.3 is 0 Å². The van der Waals surface area contributed by atoms with Crippen LogP contribution in [0.5, 0.6) is 34.5 Å². The number of phenols is 3. The number of hydrogen-bond donors (Lipinski definition) is 7. The van der Waals surface area contributed by atoms with Gasteiger partial charge in [-0.3, -0.25) is 0 Å². The highest BCUT2D eigenvalue weighted by Crippen LogP contribution is 2.45. The van der Waals surface area contributed by atoms with Crippen LogP contribution in [0.25, 0.3) is 0 Å². The molecule has 0 radical (unpaired) electrons. The number of aldehydes is 1. The summed E-state index contributed by atoms with van der Waals surface area (Å²) in [5, 5.41) is 43.9. The molecule has 12 nitrogen and oxygen atoms in total. The maximum absolute atomic E-state index is 11.0. The molecule has 1 saturated heterocycles. The third-order valence-electron chi connectivity index (χ3n) is 12.4. The number of unbranched alkanes of at least 4 members (excludes halogenated alkanes) is 1. The van der Waals surface area contributed by atoms with E-state index in [0.717, 1.165) is 145 Å². The van der Waals surface area contributed by atoms with Gasteiger partial charge in [0.2, 0.25) is 0 Å². The van der Waals surface area contributed by atoms with Crippen molar-refractivity contribution in [3.05, 3.63) is 101 Å². The van der Waals surface area contributed by atoms with Gasteiger partial charge in [0.25, 0.3) is 0 Å². The summed E-state index contributed by atoms with van der Waals surface area (Å²) in [6.07, 6.45) is 15.7. The van der Waals surface area contributed by atoms with E-state index in [-0.39, 0.29) is 17.6 Å². The van der Waals surface area contributed by atoms with Crippen molar-refractivity contribution in [3.63, 3.8) is 0 Å². The molecular formula is C53H77N5O7. The molecule has 0 bridgehead atoms. The molecule has 1 fully saturated rings. The first-order valence-electron chi connectivity index (χ1n) is 24.1. The van der Waals surface area contributed by atoms with Crippen molar-refractivity contribution in [2.75, 3.05) is 58.4 Å². The van der Waals surface area contributed by atoms with Gasteiger partial charge in [-0.25, -0.2) is 0 Å². The molecule has 0 spiro atoms. The fourth-order valence-corrected chi connectivity index (χ4v) is 8.95. The minimum Gasteiger partial charge on any atom is -0.507 e. The van der Waals surface area contributed by atoms with Gasteiger partial charge < -0.3 is 60.5 Å². The molecule has 4 aromatic rings. The average Bonchev–Trinajstić information content (AvgIpc) is 3.32. The second kappa shape index (κ2) is 28.8. The zero-order chi connectivity index (χ0) is 46.1. The highest BCUT2D eigenvalue weighted by atomic mass is 16.5. The summed E-state index contributed by atoms with van der Waals surface area (Å²) < 4.78 is 16.5. The number of ether oxygens (including phenoxy) is 3. The maximum Gasteiger partial charge on any atom is 0.160 e. The zero-order valence-electron chi connectivity index (χ0n) is 39.3. The van der Waals surface area contributed by atoms with Gasteiger partial charge in [0.1, 0.15) is 17.8 Å². The SMILES string of the molecule is CC(CCCc1ccccc1)Oc1cc(O)c2c(c1)N1C(CCC=O)CCCC1CC2.COc1cc(CNCCCNCCCCNCCCNCc2ccc(O)c(OC)c2)ccc1O. The van der Waals surface area contributed by atoms with Crippen molar-refractivity contribution < 1.29 is 34.3 Å². The summed E-state index contributed by atoms with van der Waals surface area (Å²) in [5.41, 5.74) is 5.73. The van der Waals surface area contributed by atoms with Crippen molar-refractivity contribution in [1.29, 1.82) is 0 Å². The van der Waals surface area contributed by atoms with Gasteiger partial charge in [-0.05, 0) is 171 Å². The summed E-state index contributed by atoms with van der Waals surface area (Å²) in [7, 11) is 3.12. The van der Waals surface area contributed by atoms with Crippen molar-refractivity contribution in [2.24, 2.45) is 0 Å². The summed E-state index contributed by atoms with van der Waals surface area (Å²) in [6, 6.07) is 26.2. The van der Waals surface area contributed by atoms with Crippen molar-refractivity contribution in [1.82, 2.24) is 21.3 Å². The standard InChI is InChI=1S/C27H35NO3.C26H42N4O4/c1-20(8-5-11-21-9-3-2-4-10-21)31-24-18-26-25(27(30)19-24)16-15-23-13-6-12-22(28(23)26)14-7-17-29;1-33-25-17-21(7-9-23(25)31)19-29-15-5-13-27-11-3-4-12-28-14-6-16-30-20-22-8-10-24(32)26(18-22)34-2/h2-4,9-10,17-20,22-23,30H,5-8,11-16H2,1H3;7-10,17-18,27-32H,3-6,11-16,19-20H2,1-2H3. The van der Waals surface area contributed by atoms with Gasteiger partial charge in [-0.1, -0.05) is 42.5 Å². The van der Waals surface area contributed by atoms with Crippen LogP contribution >= 0.6 is 0 Å². The Morgan fingerprint density at radius 1 is 0.677 bits per heavy atom. The number of carbonyl (C=O) groups excluding carboxylic acids is 1. The van der Waals surface area contributed by atoms with Gasteiger partial charge in [0.05, 0.1) is 20.3 Å². The van der Waals surface area contributed by atoms with Crippen LogP contribution in [0, 0.1) is 0 Å². The normalized spacial score (nSPS) is 15.8. The number of methoxy groups -OCH3 is 2. The lowest BCUT2D eigenvalue weighted by Gasteiger charge is -2.47. The maximum atomic E-state index is 11.0. The average molecular weight is 896 g/mol. The van der Waals surface area contributed by atoms with E-state index in [1.54, 1.807) is 32.4 Å². The second-order valence-corrected chi connectivity index (χ2v) is 17.5. The minimum absolute atomic E-state index is 0.0905. The first-order valence-corrected chi connectivity index (χ1v) is 24.1. The highest BCUT2D eigenvalue weighted by Gasteiger charge is 2.36. The zero-order valence-corrected chi connectivity index (χ0v) is 39.3. The van der Waals surface area contributed by atoms with Crippen LogP contribution in [-0.4, -0.2) is 93.3 Å². The van der Waals surface area contributed by atoms with Crippen LogP contribution in [0.15, 0.2) is 78.9 Å². The number of benzene rings is 4. The number of hydrogen-bond acceptors (Lipinski definition) is 12. The Labute approximate surface area is 388 Å². The molecular weight excluding hydrogens is 819 g/mol. The number of carbonyl (C=O) groups is 1. The van der Waals surface area contributed by atoms with E-state index < -0.39 is 0 Å². The Morgan fingerprint density at radius 2 is 1.28 bits per heavy atom. The van der Waals surface area contributed by atoms with Crippen LogP contribution in [0.1, 0.15) is 106 Å². The molecule has 2 aliphatic rings. The number of fused-ring (bicyclic) bond motifs is 3. The molecule has 0 aromatic heterocycles. The number of piperidine rings is 1. The lowest BCUT2D eigenvalue weighted by Crippen LogP contribution is -2.49. The number of nitrogens with one attached hydrogen (secondary N) is 4. The highest BCUT2D eigenvalue weighted by molar-refractivity contribution is 5.66. The summed E-state index contributed by atoms with van der Waals surface area (Å²) in [4.78, 5) is 13.5. The lowest BCUT2D eigenvalue weighted by atomic mass is 9.84. The Bertz CT molecular complexity index is 1900. The second-order valence-electron chi connectivity index (χ2n) is 17.5. The van der Waals surface area contributed by atoms with E-state index in [1.165, 1.54) is 31.2 Å². The predicted octanol–water partition coefficient (Wildman–Crippen LogP) is 8.57. The fourth-order valence-electron chi connectivity index (χ4n) is 8.95. The summed E-state index contributed by atoms with van der Waals surface area (Å²) >= 11 is 0. The Kier molecular flexibility index (Phi) is 22.6. The minimum atomic E-state index is 0.0905. The van der Waals surface area contributed by atoms with Gasteiger partial charge in [0, 0.05) is 55.0 Å². The molecule has 2 aliphatic heterocycles. The molecule has 0 amide bonds. The third kappa shape index (κ3) is 17.4. The molecule has 2 heterocycles. The van der Waals surface area contributed by atoms with Gasteiger partial charge in [-0.15, -0.1) is 0 Å². The van der Waals surface area contributed by atoms with Crippen molar-refractivity contribution >= 4 is 12.0 Å². The van der Waals surface area contributed by atoms with E-state index in [4.69, 9.17) is 14.2 Å². The Balaban J connectivity index is 0.000000245. The van der Waals surface area contributed by atoms with E-state index in [2.05, 4.69) is 63.4 Å². The number of nitrogens with zero attached hydrogens (tertiary/aromatic N) is 1. The first-order chi connectivity index (χ1) is 31.8. The van der Waals surface area contributed by atoms with Gasteiger partial charge in [0.15, 0.2) is 23.0 Å². The smallest absolute Gasteiger partial charge is 0.160 e. The van der Waals surface area contributed by atoms with E-state index in [0.29, 0.717) is 35.8 Å². The van der Waals surface area contributed by atoms with Gasteiger partial charge in [-0.2, -0.15) is 0 Å². The van der Waals surface area contributed by atoms with Crippen molar-refractivity contribution in [2.45, 2.75) is 128 Å². The summed E-state index contributed by atoms with van der Waals surface area (Å²) in [6.45, 7) is 9.67. The van der Waals surface area contributed by atoms with Crippen LogP contribution < -0.4 is 40.4 Å². The van der Waals surface area contributed by atoms with Crippen LogP contribution in [0.2, 0.25) is 0 Å². The topological polar surface area (TPSA) is 157 Å². The third-order valence-corrected chi connectivity index (χ3v) is 12.4. The van der Waals surface area contributed by atoms with Crippen LogP contribution in [-0.2, 0) is 30.7 Å². The largest absolute Gasteiger partial charge is 0.507 e. The van der Waals surface area contributed by atoms with Crippen molar-refractivity contribution in [3.8, 4) is 34.5 Å². The molecule has 356 valence electrons. The quantitative estimate of drug-likeness (QED) is 0.0216. The molecule has 65 heavy (non-hydrogen) atoms. The Morgan fingerprint density at radius 3 is 1.88 bits per heavy atom. The van der Waals surface area contributed by atoms with Crippen LogP contribution in [0.4, 0.5) is 5.69 Å². The van der Waals surface area contributed by atoms with Crippen LogP contribution in [0.3, 0.4) is 0 Å². The predicted molar refractivity (Wildman–Crippen MR) is 262 cm³/mol. The molecule has 0 aliphatic carbocycles. The van der Waals surface area contributed by atoms with E-state index >= 15 is 0 Å². The molecule has 4 aromatic carbocycles. The lowest BCUT2D eigenvalue weighted by molar-refractivity contribution is -0.108. The number of phenolic OH excluding ortho intramolecular Hbond substituents is 3. The van der Waals surface area contributed by atoms with E-state index in [9.17, 15) is 20.1 Å². The monoisotopic (exact) mass is 896 g/mol. The fraction of sp³-hybridized carbons (Fsp3) is 0.528. The number of rotatable bonds is 28. The number of anilines is 1. The molecule has 6 rings (SSSR count). The number of aryl methyl sites for hydroxylation is 1. The van der Waals surface area contributed by atoms with E-state index in [1.807, 2.05) is 30.3 Å². The first kappa shape index (κ1) is 51.0. The molecule has 3 unspecified atom stereocenters. The molecule has 12 heteroatoms. The number of aromatic hydroxyl groups is 3. The molecule has 3 atom stereocenters. The molecule has 7 N–H and O–H groups in total. The summed E-state index contributed by atoms with van der Waals surface area (Å²) in [5.74, 6) is 2.47. The Hall–Kier alpha value is -5.01. The molecule has 0 saturated carbocycles.